The van der Waals surface area contributed by atoms with Gasteiger partial charge in [-0.1, -0.05) is 109 Å². The van der Waals surface area contributed by atoms with Gasteiger partial charge in [-0.2, -0.15) is 0 Å². The molecule has 0 N–H and O–H groups in total. The Morgan fingerprint density at radius 1 is 0.571 bits per heavy atom. The Kier molecular flexibility index (Phi) is 20.0. The molecule has 0 spiro atoms. The summed E-state index contributed by atoms with van der Waals surface area (Å²) in [5.74, 6) is -0.495. The first-order chi connectivity index (χ1) is 20.7. The molecule has 0 aromatic heterocycles. The van der Waals surface area contributed by atoms with Crippen LogP contribution in [0.5, 0.6) is 0 Å². The second-order valence-corrected chi connectivity index (χ2v) is 9.84. The largest absolute Gasteiger partial charge is 0.373 e. The van der Waals surface area contributed by atoms with E-state index >= 15 is 0 Å². The molecule has 1 unspecified atom stereocenters. The highest BCUT2D eigenvalue weighted by Crippen LogP contribution is 2.28. The standard InChI is InChI=1S/C37H52O5/c1-4-40-37(41-5-2,42-6-3)29-28-36(25-15-17-31-39-33-19-27-35-22-12-8-13-23-35)24-14-9-16-30-38-32-18-26-34-20-10-7-11-21-34/h7-13,15-23,26-27,36H,4-6,14,24-25,28-33H2,1-3H3/b16-9+,17-15+,26-18+,27-19+. The number of ether oxygens (including phenoxy) is 5. The SMILES string of the molecule is CCOC(CCC(C/C=C/COC/C=C/c1ccccc1)CC/C=C/COC/C=C/c1ccccc1)(OCC)OCC. The van der Waals surface area contributed by atoms with Crippen molar-refractivity contribution in [1.29, 1.82) is 0 Å². The van der Waals surface area contributed by atoms with Crippen LogP contribution >= 0.6 is 0 Å². The van der Waals surface area contributed by atoms with Crippen molar-refractivity contribution >= 4 is 12.2 Å². The predicted molar refractivity (Wildman–Crippen MR) is 175 cm³/mol. The summed E-state index contributed by atoms with van der Waals surface area (Å²) in [5.41, 5.74) is 2.37. The van der Waals surface area contributed by atoms with E-state index in [0.717, 1.165) is 25.7 Å². The van der Waals surface area contributed by atoms with Crippen LogP contribution in [0.4, 0.5) is 0 Å². The molecule has 0 fully saturated rings. The lowest BCUT2D eigenvalue weighted by atomic mass is 9.93. The number of benzene rings is 2. The Labute approximate surface area is 254 Å². The van der Waals surface area contributed by atoms with Crippen molar-refractivity contribution in [2.75, 3.05) is 46.2 Å². The molecule has 1 atom stereocenters. The molecule has 0 aliphatic heterocycles. The molecule has 5 heteroatoms. The number of allylic oxidation sites excluding steroid dienone is 2. The molecule has 0 heterocycles. The van der Waals surface area contributed by atoms with Crippen molar-refractivity contribution in [2.24, 2.45) is 5.92 Å². The highest BCUT2D eigenvalue weighted by atomic mass is 16.9. The predicted octanol–water partition coefficient (Wildman–Crippen LogP) is 8.89. The minimum Gasteiger partial charge on any atom is -0.373 e. The molecule has 0 saturated carbocycles. The van der Waals surface area contributed by atoms with Crippen LogP contribution in [0.15, 0.2) is 97.1 Å². The van der Waals surface area contributed by atoms with Crippen LogP contribution < -0.4 is 0 Å². The molecule has 0 amide bonds. The van der Waals surface area contributed by atoms with Gasteiger partial charge >= 0.3 is 0 Å². The van der Waals surface area contributed by atoms with Gasteiger partial charge in [0, 0.05) is 26.2 Å². The topological polar surface area (TPSA) is 46.2 Å². The van der Waals surface area contributed by atoms with E-state index in [0.29, 0.717) is 58.6 Å². The Balaban J connectivity index is 1.79. The minimum atomic E-state index is -0.967. The van der Waals surface area contributed by atoms with Crippen LogP contribution in [0, 0.1) is 5.92 Å². The van der Waals surface area contributed by atoms with Crippen molar-refractivity contribution in [2.45, 2.75) is 58.8 Å². The van der Waals surface area contributed by atoms with E-state index in [1.807, 2.05) is 57.2 Å². The van der Waals surface area contributed by atoms with Gasteiger partial charge in [-0.15, -0.1) is 0 Å². The van der Waals surface area contributed by atoms with E-state index in [1.54, 1.807) is 0 Å². The third-order valence-corrected chi connectivity index (χ3v) is 6.57. The molecular formula is C37H52O5. The Morgan fingerprint density at radius 2 is 1.05 bits per heavy atom. The summed E-state index contributed by atoms with van der Waals surface area (Å²) in [5, 5.41) is 0. The second kappa shape index (κ2) is 23.7. The third-order valence-electron chi connectivity index (χ3n) is 6.57. The summed E-state index contributed by atoms with van der Waals surface area (Å²) in [6.45, 7) is 9.98. The zero-order valence-electron chi connectivity index (χ0n) is 26.0. The van der Waals surface area contributed by atoms with Crippen molar-refractivity contribution < 1.29 is 23.7 Å². The van der Waals surface area contributed by atoms with Gasteiger partial charge in [0.15, 0.2) is 0 Å². The summed E-state index contributed by atoms with van der Waals surface area (Å²) >= 11 is 0. The van der Waals surface area contributed by atoms with Gasteiger partial charge in [-0.05, 0) is 63.5 Å². The Morgan fingerprint density at radius 3 is 1.55 bits per heavy atom. The molecule has 0 bridgehead atoms. The van der Waals surface area contributed by atoms with E-state index in [-0.39, 0.29) is 0 Å². The van der Waals surface area contributed by atoms with Gasteiger partial charge in [0.2, 0.25) is 0 Å². The van der Waals surface area contributed by atoms with Gasteiger partial charge in [-0.25, -0.2) is 0 Å². The maximum absolute atomic E-state index is 5.97. The van der Waals surface area contributed by atoms with Gasteiger partial charge < -0.3 is 23.7 Å². The molecule has 2 aromatic rings. The molecule has 2 rings (SSSR count). The van der Waals surface area contributed by atoms with Crippen LogP contribution in [-0.4, -0.2) is 52.2 Å². The summed E-state index contributed by atoms with van der Waals surface area (Å²) in [6.07, 6.45) is 21.6. The van der Waals surface area contributed by atoms with Crippen molar-refractivity contribution in [3.05, 3.63) is 108 Å². The first-order valence-electron chi connectivity index (χ1n) is 15.5. The molecule has 0 radical (unpaired) electrons. The van der Waals surface area contributed by atoms with E-state index in [4.69, 9.17) is 23.7 Å². The summed E-state index contributed by atoms with van der Waals surface area (Å²) < 4.78 is 29.4. The lowest BCUT2D eigenvalue weighted by Gasteiger charge is -2.33. The molecule has 0 aliphatic rings. The lowest BCUT2D eigenvalue weighted by molar-refractivity contribution is -0.380. The van der Waals surface area contributed by atoms with Gasteiger partial charge in [0.05, 0.1) is 26.4 Å². The number of hydrogen-bond donors (Lipinski definition) is 0. The summed E-state index contributed by atoms with van der Waals surface area (Å²) in [6, 6.07) is 20.5. The van der Waals surface area contributed by atoms with Gasteiger partial charge in [-0.3, -0.25) is 0 Å². The minimum absolute atomic E-state index is 0.472. The van der Waals surface area contributed by atoms with Crippen LogP contribution in [0.2, 0.25) is 0 Å². The van der Waals surface area contributed by atoms with Crippen molar-refractivity contribution in [3.8, 4) is 0 Å². The average molecular weight is 577 g/mol. The third kappa shape index (κ3) is 16.6. The molecule has 5 nitrogen and oxygen atoms in total. The normalized spacial score (nSPS) is 13.3. The van der Waals surface area contributed by atoms with E-state index in [2.05, 4.69) is 72.9 Å². The van der Waals surface area contributed by atoms with Crippen LogP contribution in [0.25, 0.3) is 12.2 Å². The molecule has 42 heavy (non-hydrogen) atoms. The highest BCUT2D eigenvalue weighted by Gasteiger charge is 2.32. The van der Waals surface area contributed by atoms with Gasteiger partial charge in [0.1, 0.15) is 0 Å². The maximum atomic E-state index is 5.97. The van der Waals surface area contributed by atoms with Crippen molar-refractivity contribution in [3.63, 3.8) is 0 Å². The van der Waals surface area contributed by atoms with Crippen LogP contribution in [0.3, 0.4) is 0 Å². The Bertz CT molecular complexity index is 996. The first-order valence-corrected chi connectivity index (χ1v) is 15.5. The molecular weight excluding hydrogens is 524 g/mol. The summed E-state index contributed by atoms with van der Waals surface area (Å²) in [4.78, 5) is 0. The monoisotopic (exact) mass is 576 g/mol. The first kappa shape index (κ1) is 35.4. The smallest absolute Gasteiger partial charge is 0.282 e. The number of hydrogen-bond acceptors (Lipinski definition) is 5. The fourth-order valence-electron chi connectivity index (χ4n) is 4.54. The lowest BCUT2D eigenvalue weighted by Crippen LogP contribution is -2.40. The molecule has 2 aromatic carbocycles. The molecule has 0 saturated heterocycles. The number of rotatable bonds is 24. The summed E-state index contributed by atoms with van der Waals surface area (Å²) in [7, 11) is 0. The maximum Gasteiger partial charge on any atom is 0.282 e. The molecule has 230 valence electrons. The quantitative estimate of drug-likeness (QED) is 0.0709. The average Bonchev–Trinajstić information content (AvgIpc) is 3.01. The fraction of sp³-hybridized carbons (Fsp3) is 0.459. The van der Waals surface area contributed by atoms with E-state index in [1.165, 1.54) is 11.1 Å². The zero-order valence-corrected chi connectivity index (χ0v) is 26.0. The van der Waals surface area contributed by atoms with Gasteiger partial charge in [0.25, 0.3) is 5.97 Å². The van der Waals surface area contributed by atoms with E-state index < -0.39 is 5.97 Å². The highest BCUT2D eigenvalue weighted by molar-refractivity contribution is 5.49. The van der Waals surface area contributed by atoms with E-state index in [9.17, 15) is 0 Å². The second-order valence-electron chi connectivity index (χ2n) is 9.84. The van der Waals surface area contributed by atoms with Crippen molar-refractivity contribution in [1.82, 2.24) is 0 Å². The van der Waals surface area contributed by atoms with Crippen LogP contribution in [-0.2, 0) is 23.7 Å². The zero-order chi connectivity index (χ0) is 30.0. The molecule has 0 aliphatic carbocycles. The Hall–Kier alpha value is -2.80. The van der Waals surface area contributed by atoms with Crippen LogP contribution in [0.1, 0.15) is 64.0 Å². The fourth-order valence-corrected chi connectivity index (χ4v) is 4.54.